The normalized spacial score (nSPS) is 11.0. The van der Waals surface area contributed by atoms with Gasteiger partial charge < -0.3 is 4.42 Å². The van der Waals surface area contributed by atoms with Crippen LogP contribution in [0.4, 0.5) is 0 Å². The summed E-state index contributed by atoms with van der Waals surface area (Å²) < 4.78 is 5.64. The standard InChI is InChI=1S/C11H7ClN2O/c12-8-1-2-10-7(5-8)6-11(15-10)9-3-4-13-14-9/h1-6H,(H,13,14). The number of nitrogens with zero attached hydrogens (tertiary/aromatic N) is 1. The van der Waals surface area contributed by atoms with E-state index >= 15 is 0 Å². The molecular formula is C11H7ClN2O. The van der Waals surface area contributed by atoms with E-state index in [0.29, 0.717) is 5.02 Å². The molecule has 3 rings (SSSR count). The monoisotopic (exact) mass is 218 g/mol. The van der Waals surface area contributed by atoms with Crippen molar-refractivity contribution in [2.45, 2.75) is 0 Å². The van der Waals surface area contributed by atoms with Gasteiger partial charge in [0.1, 0.15) is 11.3 Å². The molecule has 15 heavy (non-hydrogen) atoms. The number of fused-ring (bicyclic) bond motifs is 1. The second-order valence-electron chi connectivity index (χ2n) is 3.26. The molecule has 0 radical (unpaired) electrons. The predicted molar refractivity (Wildman–Crippen MR) is 58.8 cm³/mol. The molecule has 0 fully saturated rings. The number of hydrogen-bond acceptors (Lipinski definition) is 2. The highest BCUT2D eigenvalue weighted by Crippen LogP contribution is 2.28. The van der Waals surface area contributed by atoms with Crippen molar-refractivity contribution in [3.05, 3.63) is 41.6 Å². The lowest BCUT2D eigenvalue weighted by Gasteiger charge is -1.88. The summed E-state index contributed by atoms with van der Waals surface area (Å²) in [6.45, 7) is 0. The van der Waals surface area contributed by atoms with Gasteiger partial charge in [-0.05, 0) is 30.3 Å². The smallest absolute Gasteiger partial charge is 0.153 e. The molecule has 0 aliphatic rings. The first kappa shape index (κ1) is 8.56. The van der Waals surface area contributed by atoms with Crippen LogP contribution in [0.1, 0.15) is 0 Å². The summed E-state index contributed by atoms with van der Waals surface area (Å²) in [7, 11) is 0. The number of rotatable bonds is 1. The van der Waals surface area contributed by atoms with E-state index in [1.165, 1.54) is 0 Å². The number of halogens is 1. The molecule has 2 heterocycles. The molecule has 74 valence electrons. The van der Waals surface area contributed by atoms with Crippen LogP contribution in [0.3, 0.4) is 0 Å². The van der Waals surface area contributed by atoms with Crippen molar-refractivity contribution in [1.29, 1.82) is 0 Å². The Labute approximate surface area is 90.7 Å². The van der Waals surface area contributed by atoms with Gasteiger partial charge in [0.15, 0.2) is 5.76 Å². The topological polar surface area (TPSA) is 41.8 Å². The highest BCUT2D eigenvalue weighted by atomic mass is 35.5. The molecule has 3 aromatic rings. The van der Waals surface area contributed by atoms with Crippen LogP contribution < -0.4 is 0 Å². The van der Waals surface area contributed by atoms with Crippen LogP contribution >= 0.6 is 11.6 Å². The molecular weight excluding hydrogens is 212 g/mol. The summed E-state index contributed by atoms with van der Waals surface area (Å²) in [6, 6.07) is 9.34. The lowest BCUT2D eigenvalue weighted by molar-refractivity contribution is 0.628. The van der Waals surface area contributed by atoms with Gasteiger partial charge in [-0.15, -0.1) is 0 Å². The molecule has 0 amide bonds. The van der Waals surface area contributed by atoms with Crippen molar-refractivity contribution >= 4 is 22.6 Å². The number of nitrogens with one attached hydrogen (secondary N) is 1. The average Bonchev–Trinajstić information content (AvgIpc) is 2.84. The fraction of sp³-hybridized carbons (Fsp3) is 0. The predicted octanol–water partition coefficient (Wildman–Crippen LogP) is 3.48. The molecule has 0 saturated carbocycles. The van der Waals surface area contributed by atoms with Crippen molar-refractivity contribution in [3.8, 4) is 11.5 Å². The zero-order valence-corrected chi connectivity index (χ0v) is 8.45. The third-order valence-corrected chi connectivity index (χ3v) is 2.48. The molecule has 3 nitrogen and oxygen atoms in total. The molecule has 1 N–H and O–H groups in total. The highest BCUT2D eigenvalue weighted by molar-refractivity contribution is 6.31. The van der Waals surface area contributed by atoms with Crippen LogP contribution in [0.2, 0.25) is 5.02 Å². The van der Waals surface area contributed by atoms with E-state index in [1.54, 1.807) is 6.20 Å². The van der Waals surface area contributed by atoms with Gasteiger partial charge in [-0.3, -0.25) is 5.10 Å². The van der Waals surface area contributed by atoms with E-state index in [4.69, 9.17) is 16.0 Å². The van der Waals surface area contributed by atoms with Gasteiger partial charge in [-0.25, -0.2) is 0 Å². The van der Waals surface area contributed by atoms with Crippen molar-refractivity contribution < 1.29 is 4.42 Å². The number of furan rings is 1. The quantitative estimate of drug-likeness (QED) is 0.680. The molecule has 0 spiro atoms. The highest BCUT2D eigenvalue weighted by Gasteiger charge is 2.06. The molecule has 0 bridgehead atoms. The summed E-state index contributed by atoms with van der Waals surface area (Å²) in [5, 5.41) is 8.43. The van der Waals surface area contributed by atoms with E-state index in [9.17, 15) is 0 Å². The second kappa shape index (κ2) is 3.14. The second-order valence-corrected chi connectivity index (χ2v) is 3.70. The maximum Gasteiger partial charge on any atom is 0.153 e. The molecule has 1 aromatic carbocycles. The molecule has 4 heteroatoms. The van der Waals surface area contributed by atoms with Crippen molar-refractivity contribution in [2.75, 3.05) is 0 Å². The number of benzene rings is 1. The van der Waals surface area contributed by atoms with Gasteiger partial charge >= 0.3 is 0 Å². The van der Waals surface area contributed by atoms with Gasteiger partial charge in [0, 0.05) is 16.6 Å². The summed E-state index contributed by atoms with van der Waals surface area (Å²) in [5.41, 5.74) is 1.69. The third kappa shape index (κ3) is 1.41. The number of aromatic nitrogens is 2. The van der Waals surface area contributed by atoms with E-state index in [2.05, 4.69) is 10.2 Å². The lowest BCUT2D eigenvalue weighted by Crippen LogP contribution is -1.71. The van der Waals surface area contributed by atoms with Crippen molar-refractivity contribution in [2.24, 2.45) is 0 Å². The van der Waals surface area contributed by atoms with E-state index in [-0.39, 0.29) is 0 Å². The molecule has 0 saturated heterocycles. The summed E-state index contributed by atoms with van der Waals surface area (Å²) >= 11 is 5.89. The minimum atomic E-state index is 0.708. The maximum atomic E-state index is 5.89. The van der Waals surface area contributed by atoms with Crippen LogP contribution in [-0.4, -0.2) is 10.2 Å². The van der Waals surface area contributed by atoms with Gasteiger partial charge in [0.25, 0.3) is 0 Å². The zero-order valence-electron chi connectivity index (χ0n) is 7.70. The van der Waals surface area contributed by atoms with E-state index in [0.717, 1.165) is 22.4 Å². The summed E-state index contributed by atoms with van der Waals surface area (Å²) in [5.74, 6) is 0.768. The number of H-pyrrole nitrogens is 1. The lowest BCUT2D eigenvalue weighted by atomic mass is 10.2. The maximum absolute atomic E-state index is 5.89. The molecule has 0 aliphatic heterocycles. The molecule has 0 aliphatic carbocycles. The molecule has 0 unspecified atom stereocenters. The van der Waals surface area contributed by atoms with Crippen LogP contribution in [0.5, 0.6) is 0 Å². The van der Waals surface area contributed by atoms with Crippen LogP contribution in [0, 0.1) is 0 Å². The van der Waals surface area contributed by atoms with E-state index < -0.39 is 0 Å². The Bertz CT molecular complexity index is 598. The first-order chi connectivity index (χ1) is 7.33. The Morgan fingerprint density at radius 2 is 2.13 bits per heavy atom. The fourth-order valence-corrected chi connectivity index (χ4v) is 1.72. The Balaban J connectivity index is 2.22. The fourth-order valence-electron chi connectivity index (χ4n) is 1.54. The Hall–Kier alpha value is -1.74. The van der Waals surface area contributed by atoms with Gasteiger partial charge in [0.05, 0.1) is 0 Å². The van der Waals surface area contributed by atoms with Crippen LogP contribution in [0.15, 0.2) is 40.9 Å². The first-order valence-electron chi connectivity index (χ1n) is 4.52. The largest absolute Gasteiger partial charge is 0.454 e. The SMILES string of the molecule is Clc1ccc2oc(-c3ccn[nH]3)cc2c1. The number of aromatic amines is 1. The van der Waals surface area contributed by atoms with Gasteiger partial charge in [-0.2, -0.15) is 5.10 Å². The number of hydrogen-bond donors (Lipinski definition) is 1. The first-order valence-corrected chi connectivity index (χ1v) is 4.89. The van der Waals surface area contributed by atoms with Gasteiger partial charge in [-0.1, -0.05) is 11.6 Å². The Kier molecular flexibility index (Phi) is 1.79. The third-order valence-electron chi connectivity index (χ3n) is 2.24. The minimum absolute atomic E-state index is 0.708. The Morgan fingerprint density at radius 1 is 1.20 bits per heavy atom. The van der Waals surface area contributed by atoms with Crippen molar-refractivity contribution in [3.63, 3.8) is 0 Å². The zero-order chi connectivity index (χ0) is 10.3. The average molecular weight is 219 g/mol. The van der Waals surface area contributed by atoms with Crippen molar-refractivity contribution in [1.82, 2.24) is 10.2 Å². The Morgan fingerprint density at radius 3 is 2.93 bits per heavy atom. The summed E-state index contributed by atoms with van der Waals surface area (Å²) in [4.78, 5) is 0. The summed E-state index contributed by atoms with van der Waals surface area (Å²) in [6.07, 6.45) is 1.69. The van der Waals surface area contributed by atoms with Crippen LogP contribution in [-0.2, 0) is 0 Å². The molecule has 2 aromatic heterocycles. The van der Waals surface area contributed by atoms with E-state index in [1.807, 2.05) is 30.3 Å². The van der Waals surface area contributed by atoms with Gasteiger partial charge in [0.2, 0.25) is 0 Å². The molecule has 0 atom stereocenters. The minimum Gasteiger partial charge on any atom is -0.454 e. The van der Waals surface area contributed by atoms with Crippen LogP contribution in [0.25, 0.3) is 22.4 Å².